The van der Waals surface area contributed by atoms with Crippen LogP contribution >= 0.6 is 0 Å². The molecule has 2 aliphatic rings. The SMILES string of the molecule is CN(C)c1ccc2c(-c3ccc(B(O)O)cc3)c3ccc(=N)cc-3oc2c1. The highest BCUT2D eigenvalue weighted by atomic mass is 16.4. The Bertz CT molecular complexity index is 1150. The van der Waals surface area contributed by atoms with Gasteiger partial charge in [0.2, 0.25) is 0 Å². The van der Waals surface area contributed by atoms with Crippen LogP contribution in [0.5, 0.6) is 0 Å². The number of rotatable bonds is 3. The standard InChI is InChI=1S/C21H19BN2O3/c1-24(2)16-8-10-18-20(12-16)27-19-11-15(23)7-9-17(19)21(18)13-3-5-14(6-4-13)22(25)26/h3-12,23,25-26H,1-2H3. The average molecular weight is 358 g/mol. The Morgan fingerprint density at radius 1 is 0.926 bits per heavy atom. The summed E-state index contributed by atoms with van der Waals surface area (Å²) in [6.07, 6.45) is 0. The Balaban J connectivity index is 2.05. The third kappa shape index (κ3) is 3.09. The van der Waals surface area contributed by atoms with Gasteiger partial charge in [-0.2, -0.15) is 0 Å². The number of hydrogen-bond acceptors (Lipinski definition) is 5. The highest BCUT2D eigenvalue weighted by Gasteiger charge is 2.18. The van der Waals surface area contributed by atoms with Gasteiger partial charge < -0.3 is 24.8 Å². The van der Waals surface area contributed by atoms with Crippen LogP contribution < -0.4 is 15.7 Å². The fourth-order valence-electron chi connectivity index (χ4n) is 3.29. The smallest absolute Gasteiger partial charge is 0.456 e. The van der Waals surface area contributed by atoms with Crippen molar-refractivity contribution in [2.24, 2.45) is 0 Å². The van der Waals surface area contributed by atoms with E-state index in [1.165, 1.54) is 0 Å². The Hall–Kier alpha value is -3.09. The van der Waals surface area contributed by atoms with Crippen molar-refractivity contribution in [1.82, 2.24) is 0 Å². The van der Waals surface area contributed by atoms with Crippen LogP contribution in [0.4, 0.5) is 5.69 Å². The molecule has 1 aliphatic heterocycles. The van der Waals surface area contributed by atoms with Gasteiger partial charge in [0.1, 0.15) is 11.3 Å². The summed E-state index contributed by atoms with van der Waals surface area (Å²) >= 11 is 0. The Kier molecular flexibility index (Phi) is 4.22. The van der Waals surface area contributed by atoms with Crippen LogP contribution in [0.2, 0.25) is 0 Å². The molecule has 0 amide bonds. The maximum absolute atomic E-state index is 9.36. The first-order chi connectivity index (χ1) is 12.9. The number of anilines is 1. The molecule has 134 valence electrons. The van der Waals surface area contributed by atoms with Gasteiger partial charge in [0.05, 0.1) is 5.36 Å². The molecule has 0 fully saturated rings. The summed E-state index contributed by atoms with van der Waals surface area (Å²) in [7, 11) is 2.46. The molecule has 0 saturated heterocycles. The molecule has 1 heterocycles. The van der Waals surface area contributed by atoms with Crippen LogP contribution in [-0.4, -0.2) is 31.3 Å². The van der Waals surface area contributed by atoms with Gasteiger partial charge in [0.15, 0.2) is 0 Å². The maximum Gasteiger partial charge on any atom is 0.488 e. The third-order valence-corrected chi connectivity index (χ3v) is 4.72. The first-order valence-corrected chi connectivity index (χ1v) is 8.63. The van der Waals surface area contributed by atoms with Crippen LogP contribution in [0.25, 0.3) is 33.4 Å². The molecule has 1 aliphatic carbocycles. The van der Waals surface area contributed by atoms with E-state index in [9.17, 15) is 10.0 Å². The summed E-state index contributed by atoms with van der Waals surface area (Å²) in [6.45, 7) is 0. The predicted octanol–water partition coefficient (Wildman–Crippen LogP) is 2.43. The monoisotopic (exact) mass is 358 g/mol. The van der Waals surface area contributed by atoms with E-state index in [0.29, 0.717) is 16.6 Å². The first kappa shape index (κ1) is 17.3. The molecule has 27 heavy (non-hydrogen) atoms. The van der Waals surface area contributed by atoms with Crippen LogP contribution in [0.1, 0.15) is 0 Å². The van der Waals surface area contributed by atoms with Crippen molar-refractivity contribution >= 4 is 29.2 Å². The molecule has 0 saturated carbocycles. The fraction of sp³-hybridized carbons (Fsp3) is 0.0952. The molecular formula is C21H19BN2O3. The maximum atomic E-state index is 9.36. The Morgan fingerprint density at radius 2 is 1.67 bits per heavy atom. The normalized spacial score (nSPS) is 11.1. The number of fused-ring (bicyclic) bond motifs is 2. The number of hydrogen-bond donors (Lipinski definition) is 3. The van der Waals surface area contributed by atoms with Gasteiger partial charge in [-0.25, -0.2) is 0 Å². The van der Waals surface area contributed by atoms with Gasteiger partial charge in [-0.1, -0.05) is 24.3 Å². The van der Waals surface area contributed by atoms with Crippen molar-refractivity contribution in [3.8, 4) is 22.5 Å². The highest BCUT2D eigenvalue weighted by molar-refractivity contribution is 6.58. The zero-order chi connectivity index (χ0) is 19.1. The molecule has 2 aromatic rings. The van der Waals surface area contributed by atoms with Crippen molar-refractivity contribution < 1.29 is 14.5 Å². The van der Waals surface area contributed by atoms with Gasteiger partial charge in [-0.15, -0.1) is 0 Å². The Labute approximate surface area is 157 Å². The number of nitrogens with one attached hydrogen (secondary N) is 1. The molecule has 5 nitrogen and oxygen atoms in total. The van der Waals surface area contributed by atoms with E-state index in [-0.39, 0.29) is 0 Å². The minimum atomic E-state index is -1.49. The molecule has 4 rings (SSSR count). The molecule has 0 unspecified atom stereocenters. The van der Waals surface area contributed by atoms with E-state index >= 15 is 0 Å². The Morgan fingerprint density at radius 3 is 2.33 bits per heavy atom. The summed E-state index contributed by atoms with van der Waals surface area (Å²) < 4.78 is 6.12. The first-order valence-electron chi connectivity index (χ1n) is 8.63. The second-order valence-corrected chi connectivity index (χ2v) is 6.76. The molecule has 0 atom stereocenters. The highest BCUT2D eigenvalue weighted by Crippen LogP contribution is 2.40. The van der Waals surface area contributed by atoms with Gasteiger partial charge in [0.25, 0.3) is 0 Å². The lowest BCUT2D eigenvalue weighted by molar-refractivity contribution is 0.426. The van der Waals surface area contributed by atoms with Crippen LogP contribution in [-0.2, 0) is 0 Å². The quantitative estimate of drug-likeness (QED) is 0.388. The van der Waals surface area contributed by atoms with Gasteiger partial charge in [-0.05, 0) is 35.3 Å². The number of nitrogens with zero attached hydrogens (tertiary/aromatic N) is 1. The minimum absolute atomic E-state index is 0.388. The lowest BCUT2D eigenvalue weighted by Crippen LogP contribution is -2.29. The largest absolute Gasteiger partial charge is 0.488 e. The van der Waals surface area contributed by atoms with Crippen LogP contribution in [0, 0.1) is 5.41 Å². The number of benzene rings is 3. The van der Waals surface area contributed by atoms with Gasteiger partial charge in [-0.3, -0.25) is 0 Å². The zero-order valence-corrected chi connectivity index (χ0v) is 15.1. The molecule has 2 aromatic carbocycles. The second-order valence-electron chi connectivity index (χ2n) is 6.76. The molecule has 0 radical (unpaired) electrons. The van der Waals surface area contributed by atoms with Crippen molar-refractivity contribution in [1.29, 1.82) is 5.41 Å². The summed E-state index contributed by atoms with van der Waals surface area (Å²) in [5.41, 5.74) is 5.05. The molecule has 0 bridgehead atoms. The molecular weight excluding hydrogens is 339 g/mol. The minimum Gasteiger partial charge on any atom is -0.456 e. The van der Waals surface area contributed by atoms with Crippen molar-refractivity contribution in [3.63, 3.8) is 0 Å². The summed E-state index contributed by atoms with van der Waals surface area (Å²) in [5, 5.41) is 28.0. The lowest BCUT2D eigenvalue weighted by Gasteiger charge is -2.18. The van der Waals surface area contributed by atoms with Crippen LogP contribution in [0.3, 0.4) is 0 Å². The third-order valence-electron chi connectivity index (χ3n) is 4.72. The van der Waals surface area contributed by atoms with E-state index in [0.717, 1.165) is 33.3 Å². The molecule has 6 heteroatoms. The van der Waals surface area contributed by atoms with E-state index in [2.05, 4.69) is 0 Å². The van der Waals surface area contributed by atoms with E-state index in [1.807, 2.05) is 55.4 Å². The average Bonchev–Trinajstić information content (AvgIpc) is 2.65. The van der Waals surface area contributed by atoms with Crippen LogP contribution in [0.15, 0.2) is 65.1 Å². The molecule has 3 N–H and O–H groups in total. The summed E-state index contributed by atoms with van der Waals surface area (Å²) in [5.74, 6) is 0.646. The second kappa shape index (κ2) is 6.57. The fourth-order valence-corrected chi connectivity index (χ4v) is 3.29. The van der Waals surface area contributed by atoms with E-state index in [1.54, 1.807) is 24.3 Å². The topological polar surface area (TPSA) is 80.7 Å². The van der Waals surface area contributed by atoms with Crippen molar-refractivity contribution in [2.75, 3.05) is 19.0 Å². The molecule has 0 spiro atoms. The van der Waals surface area contributed by atoms with E-state index < -0.39 is 7.12 Å². The predicted molar refractivity (Wildman–Crippen MR) is 108 cm³/mol. The van der Waals surface area contributed by atoms with E-state index in [4.69, 9.17) is 9.83 Å². The van der Waals surface area contributed by atoms with Gasteiger partial charge >= 0.3 is 7.12 Å². The molecule has 0 aromatic heterocycles. The van der Waals surface area contributed by atoms with Crippen molar-refractivity contribution in [3.05, 3.63) is 66.0 Å². The summed E-state index contributed by atoms with van der Waals surface area (Å²) in [6, 6.07) is 18.6. The van der Waals surface area contributed by atoms with Crippen molar-refractivity contribution in [2.45, 2.75) is 0 Å². The zero-order valence-electron chi connectivity index (χ0n) is 15.1. The van der Waals surface area contributed by atoms with Gasteiger partial charge in [0, 0.05) is 48.4 Å². The summed E-state index contributed by atoms with van der Waals surface area (Å²) in [4.78, 5) is 2.01. The lowest BCUT2D eigenvalue weighted by atomic mass is 9.79.